The van der Waals surface area contributed by atoms with Crippen LogP contribution in [0.5, 0.6) is 0 Å². The van der Waals surface area contributed by atoms with Gasteiger partial charge in [0.1, 0.15) is 0 Å². The Morgan fingerprint density at radius 1 is 1.14 bits per heavy atom. The Morgan fingerprint density at radius 2 is 1.81 bits per heavy atom. The van der Waals surface area contributed by atoms with Crippen molar-refractivity contribution in [1.82, 2.24) is 4.90 Å². The molecule has 0 spiro atoms. The quantitative estimate of drug-likeness (QED) is 0.781. The standard InChI is InChI=1S/C17H17IN2O/c1-20(17(21)14-8-3-2-4-9-14)13-7-12-19-16-11-6-5-10-15(16)18/h2-11,13,19H,12H2,1H3/b13-7+. The molecule has 0 heterocycles. The molecule has 2 aromatic carbocycles. The number of amides is 1. The molecule has 21 heavy (non-hydrogen) atoms. The highest BCUT2D eigenvalue weighted by Gasteiger charge is 2.07. The van der Waals surface area contributed by atoms with E-state index >= 15 is 0 Å². The fourth-order valence-corrected chi connectivity index (χ4v) is 2.41. The first kappa shape index (κ1) is 15.6. The third-order valence-corrected chi connectivity index (χ3v) is 3.89. The summed E-state index contributed by atoms with van der Waals surface area (Å²) in [5.74, 6) is -0.0128. The molecule has 0 saturated heterocycles. The second-order valence-electron chi connectivity index (χ2n) is 4.53. The van der Waals surface area contributed by atoms with Crippen LogP contribution >= 0.6 is 22.6 Å². The summed E-state index contributed by atoms with van der Waals surface area (Å²) < 4.78 is 1.18. The van der Waals surface area contributed by atoms with Crippen molar-refractivity contribution in [3.05, 3.63) is 76.0 Å². The monoisotopic (exact) mass is 392 g/mol. The normalized spacial score (nSPS) is 10.6. The predicted octanol–water partition coefficient (Wildman–Crippen LogP) is 3.99. The topological polar surface area (TPSA) is 32.3 Å². The zero-order valence-electron chi connectivity index (χ0n) is 11.8. The van der Waals surface area contributed by atoms with Crippen LogP contribution in [0.2, 0.25) is 0 Å². The van der Waals surface area contributed by atoms with E-state index in [2.05, 4.69) is 34.0 Å². The van der Waals surface area contributed by atoms with Crippen molar-refractivity contribution in [1.29, 1.82) is 0 Å². The minimum Gasteiger partial charge on any atom is -0.381 e. The maximum absolute atomic E-state index is 12.1. The second kappa shape index (κ2) is 7.83. The van der Waals surface area contributed by atoms with Crippen molar-refractivity contribution in [2.24, 2.45) is 0 Å². The highest BCUT2D eigenvalue weighted by Crippen LogP contribution is 2.16. The summed E-state index contributed by atoms with van der Waals surface area (Å²) in [5.41, 5.74) is 1.79. The number of hydrogen-bond acceptors (Lipinski definition) is 2. The molecular weight excluding hydrogens is 375 g/mol. The van der Waals surface area contributed by atoms with Crippen LogP contribution < -0.4 is 5.32 Å². The molecule has 2 aromatic rings. The van der Waals surface area contributed by atoms with Gasteiger partial charge in [-0.25, -0.2) is 0 Å². The molecular formula is C17H17IN2O. The van der Waals surface area contributed by atoms with Crippen molar-refractivity contribution >= 4 is 34.2 Å². The summed E-state index contributed by atoms with van der Waals surface area (Å²) in [6.07, 6.45) is 3.72. The highest BCUT2D eigenvalue weighted by molar-refractivity contribution is 14.1. The molecule has 4 heteroatoms. The SMILES string of the molecule is CN(/C=C/CNc1ccccc1I)C(=O)c1ccccc1. The van der Waals surface area contributed by atoms with Gasteiger partial charge in [-0.15, -0.1) is 0 Å². The van der Waals surface area contributed by atoms with Crippen LogP contribution in [0.4, 0.5) is 5.69 Å². The van der Waals surface area contributed by atoms with E-state index in [-0.39, 0.29) is 5.91 Å². The van der Waals surface area contributed by atoms with Crippen LogP contribution in [0.3, 0.4) is 0 Å². The minimum atomic E-state index is -0.0128. The van der Waals surface area contributed by atoms with Gasteiger partial charge in [-0.3, -0.25) is 4.79 Å². The van der Waals surface area contributed by atoms with E-state index in [0.717, 1.165) is 5.69 Å². The minimum absolute atomic E-state index is 0.0128. The molecule has 0 aliphatic carbocycles. The average molecular weight is 392 g/mol. The molecule has 3 nitrogen and oxygen atoms in total. The number of halogens is 1. The van der Waals surface area contributed by atoms with Crippen molar-refractivity contribution < 1.29 is 4.79 Å². The first-order valence-corrected chi connectivity index (χ1v) is 7.73. The fraction of sp³-hybridized carbons (Fsp3) is 0.118. The van der Waals surface area contributed by atoms with E-state index < -0.39 is 0 Å². The number of nitrogens with zero attached hydrogens (tertiary/aromatic N) is 1. The molecule has 0 aliphatic rings. The first-order valence-electron chi connectivity index (χ1n) is 6.66. The van der Waals surface area contributed by atoms with Crippen LogP contribution in [0.1, 0.15) is 10.4 Å². The molecule has 0 radical (unpaired) electrons. The number of carbonyl (C=O) groups excluding carboxylic acids is 1. The lowest BCUT2D eigenvalue weighted by molar-refractivity contribution is 0.0850. The molecule has 0 saturated carbocycles. The van der Waals surface area contributed by atoms with Crippen LogP contribution in [0.15, 0.2) is 66.9 Å². The Bertz CT molecular complexity index is 626. The van der Waals surface area contributed by atoms with Gasteiger partial charge in [0.15, 0.2) is 0 Å². The molecule has 1 amide bonds. The summed E-state index contributed by atoms with van der Waals surface area (Å²) in [6, 6.07) is 17.4. The summed E-state index contributed by atoms with van der Waals surface area (Å²) >= 11 is 2.29. The lowest BCUT2D eigenvalue weighted by atomic mass is 10.2. The van der Waals surface area contributed by atoms with E-state index in [0.29, 0.717) is 12.1 Å². The zero-order valence-corrected chi connectivity index (χ0v) is 13.9. The highest BCUT2D eigenvalue weighted by atomic mass is 127. The van der Waals surface area contributed by atoms with E-state index in [1.165, 1.54) is 3.57 Å². The third kappa shape index (κ3) is 4.60. The van der Waals surface area contributed by atoms with Crippen LogP contribution in [-0.4, -0.2) is 24.4 Å². The molecule has 1 N–H and O–H groups in total. The molecule has 0 atom stereocenters. The van der Waals surface area contributed by atoms with Gasteiger partial charge in [-0.05, 0) is 52.9 Å². The Balaban J connectivity index is 1.87. The van der Waals surface area contributed by atoms with E-state index in [4.69, 9.17) is 0 Å². The summed E-state index contributed by atoms with van der Waals surface area (Å²) in [7, 11) is 1.76. The van der Waals surface area contributed by atoms with Gasteiger partial charge < -0.3 is 10.2 Å². The number of rotatable bonds is 5. The Morgan fingerprint density at radius 3 is 2.52 bits per heavy atom. The summed E-state index contributed by atoms with van der Waals surface area (Å²) in [5, 5.41) is 3.31. The largest absolute Gasteiger partial charge is 0.381 e. The Kier molecular flexibility index (Phi) is 5.80. The number of para-hydroxylation sites is 1. The van der Waals surface area contributed by atoms with Gasteiger partial charge in [0.05, 0.1) is 0 Å². The lowest BCUT2D eigenvalue weighted by Crippen LogP contribution is -2.21. The van der Waals surface area contributed by atoms with Crippen LogP contribution in [0.25, 0.3) is 0 Å². The first-order chi connectivity index (χ1) is 10.2. The van der Waals surface area contributed by atoms with Gasteiger partial charge in [-0.1, -0.05) is 30.3 Å². The summed E-state index contributed by atoms with van der Waals surface area (Å²) in [6.45, 7) is 0.673. The maximum Gasteiger partial charge on any atom is 0.257 e. The molecule has 0 unspecified atom stereocenters. The smallest absolute Gasteiger partial charge is 0.257 e. The molecule has 2 rings (SSSR count). The number of benzene rings is 2. The zero-order chi connectivity index (χ0) is 15.1. The van der Waals surface area contributed by atoms with Gasteiger partial charge in [0, 0.05) is 34.6 Å². The van der Waals surface area contributed by atoms with Gasteiger partial charge in [-0.2, -0.15) is 0 Å². The number of anilines is 1. The number of hydrogen-bond donors (Lipinski definition) is 1. The van der Waals surface area contributed by atoms with E-state index in [9.17, 15) is 4.79 Å². The van der Waals surface area contributed by atoms with Gasteiger partial charge >= 0.3 is 0 Å². The maximum atomic E-state index is 12.1. The van der Waals surface area contributed by atoms with Gasteiger partial charge in [0.2, 0.25) is 0 Å². The molecule has 0 fully saturated rings. The molecule has 0 bridgehead atoms. The Labute approximate surface area is 138 Å². The lowest BCUT2D eigenvalue weighted by Gasteiger charge is -2.12. The Hall–Kier alpha value is -1.82. The van der Waals surface area contributed by atoms with E-state index in [1.807, 2.05) is 54.6 Å². The molecule has 108 valence electrons. The van der Waals surface area contributed by atoms with Crippen LogP contribution in [0, 0.1) is 3.57 Å². The summed E-state index contributed by atoms with van der Waals surface area (Å²) in [4.78, 5) is 13.7. The third-order valence-electron chi connectivity index (χ3n) is 2.95. The average Bonchev–Trinajstić information content (AvgIpc) is 2.53. The molecule has 0 aromatic heterocycles. The number of carbonyl (C=O) groups is 1. The van der Waals surface area contributed by atoms with E-state index in [1.54, 1.807) is 18.1 Å². The molecule has 0 aliphatic heterocycles. The van der Waals surface area contributed by atoms with Crippen molar-refractivity contribution in [2.75, 3.05) is 18.9 Å². The van der Waals surface area contributed by atoms with Crippen LogP contribution in [-0.2, 0) is 0 Å². The van der Waals surface area contributed by atoms with Gasteiger partial charge in [0.25, 0.3) is 5.91 Å². The number of nitrogens with one attached hydrogen (secondary N) is 1. The van der Waals surface area contributed by atoms with Crippen molar-refractivity contribution in [3.8, 4) is 0 Å². The second-order valence-corrected chi connectivity index (χ2v) is 5.69. The van der Waals surface area contributed by atoms with Crippen molar-refractivity contribution in [3.63, 3.8) is 0 Å². The predicted molar refractivity (Wildman–Crippen MR) is 95.3 cm³/mol. The van der Waals surface area contributed by atoms with Crippen molar-refractivity contribution in [2.45, 2.75) is 0 Å². The fourth-order valence-electron chi connectivity index (χ4n) is 1.84.